The molecule has 0 atom stereocenters. The highest BCUT2D eigenvalue weighted by Gasteiger charge is 2.17. The first kappa shape index (κ1) is 11.8. The number of nitrogens with zero attached hydrogens (tertiary/aromatic N) is 2. The normalized spacial score (nSPS) is 10.3. The monoisotopic (exact) mass is 247 g/mol. The van der Waals surface area contributed by atoms with Crippen LogP contribution in [0.25, 0.3) is 10.9 Å². The van der Waals surface area contributed by atoms with Crippen LogP contribution >= 0.6 is 0 Å². The third kappa shape index (κ3) is 1.81. The number of nitro groups is 1. The summed E-state index contributed by atoms with van der Waals surface area (Å²) in [4.78, 5) is 10.1. The number of nitrogens with one attached hydrogen (secondary N) is 1. The number of hydrogen-bond acceptors (Lipinski definition) is 5. The summed E-state index contributed by atoms with van der Waals surface area (Å²) < 4.78 is 5.20. The Bertz CT molecular complexity index is 654. The Morgan fingerprint density at radius 3 is 2.72 bits per heavy atom. The molecule has 2 rings (SSSR count). The van der Waals surface area contributed by atoms with Crippen LogP contribution in [0.5, 0.6) is 0 Å². The van der Waals surface area contributed by atoms with E-state index in [1.54, 1.807) is 6.07 Å². The summed E-state index contributed by atoms with van der Waals surface area (Å²) in [7, 11) is 1.29. The molecule has 0 unspecified atom stereocenters. The fourth-order valence-corrected chi connectivity index (χ4v) is 1.61. The molecule has 0 saturated carbocycles. The van der Waals surface area contributed by atoms with Crippen molar-refractivity contribution in [2.75, 3.05) is 7.11 Å². The molecule has 0 aliphatic heterocycles. The number of ether oxygens (including phenoxy) is 1. The molecule has 1 aromatic carbocycles. The van der Waals surface area contributed by atoms with Crippen molar-refractivity contribution in [3.05, 3.63) is 51.3 Å². The molecular weight excluding hydrogens is 238 g/mol. The van der Waals surface area contributed by atoms with Crippen molar-refractivity contribution < 1.29 is 14.4 Å². The van der Waals surface area contributed by atoms with E-state index in [0.717, 1.165) is 0 Å². The lowest BCUT2D eigenvalue weighted by molar-refractivity contribution is -0.579. The van der Waals surface area contributed by atoms with Gasteiger partial charge in [0.2, 0.25) is 5.52 Å². The van der Waals surface area contributed by atoms with Gasteiger partial charge in [0.1, 0.15) is 0 Å². The highest BCUT2D eigenvalue weighted by atomic mass is 16.6. The van der Waals surface area contributed by atoms with Crippen molar-refractivity contribution in [2.24, 2.45) is 0 Å². The third-order valence-electron chi connectivity index (χ3n) is 2.52. The molecule has 0 bridgehead atoms. The highest BCUT2D eigenvalue weighted by Crippen LogP contribution is 2.18. The van der Waals surface area contributed by atoms with E-state index in [-0.39, 0.29) is 22.8 Å². The summed E-state index contributed by atoms with van der Waals surface area (Å²) in [6.45, 7) is 0. The topological polar surface area (TPSA) is 103 Å². The maximum atomic E-state index is 11.9. The van der Waals surface area contributed by atoms with E-state index in [1.807, 2.05) is 0 Å². The van der Waals surface area contributed by atoms with Crippen molar-refractivity contribution in [3.63, 3.8) is 0 Å². The molecule has 0 aliphatic rings. The van der Waals surface area contributed by atoms with Gasteiger partial charge in [0.25, 0.3) is 17.3 Å². The molecule has 92 valence electrons. The standard InChI is InChI=1S/C11H9N3O4/c1-18-11(12)10-4-2-7-6-8(14(16)17)3-5-9(7)13(10)15/h2-6,12H,1H3. The summed E-state index contributed by atoms with van der Waals surface area (Å²) in [5.74, 6) is -0.259. The molecule has 2 aromatic rings. The van der Waals surface area contributed by atoms with Crippen LogP contribution in [0.2, 0.25) is 0 Å². The van der Waals surface area contributed by atoms with Crippen LogP contribution in [0.1, 0.15) is 5.69 Å². The SMILES string of the molecule is COC(=N)c1ccc2cc([N+](=O)[O-])ccc2[n+]1[O-]. The van der Waals surface area contributed by atoms with Gasteiger partial charge in [0.05, 0.1) is 17.4 Å². The summed E-state index contributed by atoms with van der Waals surface area (Å²) in [5, 5.41) is 30.4. The van der Waals surface area contributed by atoms with Gasteiger partial charge in [-0.25, -0.2) is 0 Å². The molecule has 0 fully saturated rings. The van der Waals surface area contributed by atoms with E-state index in [9.17, 15) is 15.3 Å². The van der Waals surface area contributed by atoms with Gasteiger partial charge in [0.15, 0.2) is 0 Å². The molecule has 7 heteroatoms. The van der Waals surface area contributed by atoms with Crippen molar-refractivity contribution in [1.29, 1.82) is 5.41 Å². The van der Waals surface area contributed by atoms with Gasteiger partial charge in [-0.1, -0.05) is 0 Å². The number of non-ortho nitro benzene ring substituents is 1. The van der Waals surface area contributed by atoms with E-state index in [1.165, 1.54) is 31.4 Å². The molecule has 0 amide bonds. The van der Waals surface area contributed by atoms with Crippen LogP contribution in [0.15, 0.2) is 30.3 Å². The van der Waals surface area contributed by atoms with E-state index in [2.05, 4.69) is 4.74 Å². The van der Waals surface area contributed by atoms with Gasteiger partial charge in [-0.05, 0) is 6.07 Å². The molecule has 1 aromatic heterocycles. The van der Waals surface area contributed by atoms with Crippen molar-refractivity contribution in [3.8, 4) is 0 Å². The summed E-state index contributed by atoms with van der Waals surface area (Å²) >= 11 is 0. The van der Waals surface area contributed by atoms with E-state index in [0.29, 0.717) is 10.1 Å². The minimum absolute atomic E-state index is 0.0545. The van der Waals surface area contributed by atoms with Gasteiger partial charge < -0.3 is 9.94 Å². The van der Waals surface area contributed by atoms with Crippen molar-refractivity contribution >= 4 is 22.5 Å². The Kier molecular flexibility index (Phi) is 2.80. The van der Waals surface area contributed by atoms with Gasteiger partial charge in [-0.2, -0.15) is 4.73 Å². The molecule has 0 saturated heterocycles. The quantitative estimate of drug-likeness (QED) is 0.216. The maximum Gasteiger partial charge on any atom is 0.281 e. The number of benzene rings is 1. The summed E-state index contributed by atoms with van der Waals surface area (Å²) in [6, 6.07) is 6.85. The predicted molar refractivity (Wildman–Crippen MR) is 63.4 cm³/mol. The van der Waals surface area contributed by atoms with Gasteiger partial charge >= 0.3 is 0 Å². The Labute approximate surface area is 101 Å². The third-order valence-corrected chi connectivity index (χ3v) is 2.52. The fourth-order valence-electron chi connectivity index (χ4n) is 1.61. The Morgan fingerprint density at radius 1 is 1.39 bits per heavy atom. The lowest BCUT2D eigenvalue weighted by atomic mass is 10.2. The maximum absolute atomic E-state index is 11.9. The fraction of sp³-hybridized carbons (Fsp3) is 0.0909. The van der Waals surface area contributed by atoms with Crippen LogP contribution in [0, 0.1) is 20.7 Å². The van der Waals surface area contributed by atoms with Gasteiger partial charge in [0, 0.05) is 24.3 Å². The summed E-state index contributed by atoms with van der Waals surface area (Å²) in [6.07, 6.45) is 0. The Morgan fingerprint density at radius 2 is 2.11 bits per heavy atom. The van der Waals surface area contributed by atoms with Crippen LogP contribution < -0.4 is 4.73 Å². The smallest absolute Gasteiger partial charge is 0.281 e. The van der Waals surface area contributed by atoms with E-state index in [4.69, 9.17) is 5.41 Å². The van der Waals surface area contributed by atoms with Gasteiger partial charge in [-0.15, -0.1) is 0 Å². The first-order chi connectivity index (χ1) is 8.54. The molecule has 18 heavy (non-hydrogen) atoms. The first-order valence-corrected chi connectivity index (χ1v) is 4.98. The second kappa shape index (κ2) is 4.28. The molecule has 0 spiro atoms. The van der Waals surface area contributed by atoms with Crippen molar-refractivity contribution in [2.45, 2.75) is 0 Å². The molecule has 0 aliphatic carbocycles. The molecule has 0 radical (unpaired) electrons. The number of fused-ring (bicyclic) bond motifs is 1. The van der Waals surface area contributed by atoms with Crippen LogP contribution in [0.3, 0.4) is 0 Å². The molecule has 1 heterocycles. The Hall–Kier alpha value is -2.70. The Balaban J connectivity index is 2.66. The number of aromatic nitrogens is 1. The van der Waals surface area contributed by atoms with Crippen LogP contribution in [0.4, 0.5) is 5.69 Å². The van der Waals surface area contributed by atoms with E-state index >= 15 is 0 Å². The van der Waals surface area contributed by atoms with E-state index < -0.39 is 4.92 Å². The second-order valence-electron chi connectivity index (χ2n) is 3.55. The second-order valence-corrected chi connectivity index (χ2v) is 3.55. The lowest BCUT2D eigenvalue weighted by Crippen LogP contribution is -2.35. The molecular formula is C11H9N3O4. The van der Waals surface area contributed by atoms with Crippen LogP contribution in [-0.2, 0) is 4.74 Å². The molecule has 7 nitrogen and oxygen atoms in total. The number of rotatable bonds is 2. The highest BCUT2D eigenvalue weighted by molar-refractivity contribution is 5.90. The lowest BCUT2D eigenvalue weighted by Gasteiger charge is -2.07. The zero-order chi connectivity index (χ0) is 13.3. The van der Waals surface area contributed by atoms with Crippen molar-refractivity contribution in [1.82, 2.24) is 0 Å². The molecule has 1 N–H and O–H groups in total. The number of pyridine rings is 1. The zero-order valence-electron chi connectivity index (χ0n) is 9.41. The average molecular weight is 247 g/mol. The number of nitro benzene ring substituents is 1. The average Bonchev–Trinajstić information content (AvgIpc) is 2.37. The number of methoxy groups -OCH3 is 1. The largest absolute Gasteiger partial charge is 0.618 e. The first-order valence-electron chi connectivity index (χ1n) is 4.98. The minimum atomic E-state index is -0.528. The predicted octanol–water partition coefficient (Wildman–Crippen LogP) is 1.35. The summed E-state index contributed by atoms with van der Waals surface area (Å²) in [5.41, 5.74) is 0.218. The van der Waals surface area contributed by atoms with Gasteiger partial charge in [-0.3, -0.25) is 15.5 Å². The van der Waals surface area contributed by atoms with Crippen LogP contribution in [-0.4, -0.2) is 17.9 Å². The number of hydrogen-bond donors (Lipinski definition) is 1. The minimum Gasteiger partial charge on any atom is -0.618 e. The zero-order valence-corrected chi connectivity index (χ0v) is 9.41.